The van der Waals surface area contributed by atoms with Crippen LogP contribution in [0.15, 0.2) is 0 Å². The Balaban J connectivity index is 3.09. The fourth-order valence-corrected chi connectivity index (χ4v) is 3.26. The highest BCUT2D eigenvalue weighted by Crippen LogP contribution is 2.07. The van der Waals surface area contributed by atoms with E-state index in [2.05, 4.69) is 22.9 Å². The van der Waals surface area contributed by atoms with Crippen molar-refractivity contribution in [3.05, 3.63) is 0 Å². The van der Waals surface area contributed by atoms with E-state index in [-0.39, 0.29) is 5.97 Å². The molecule has 228 valence electrons. The van der Waals surface area contributed by atoms with E-state index in [1.807, 2.05) is 0 Å². The second kappa shape index (κ2) is 34.7. The third kappa shape index (κ3) is 33.7. The monoisotopic (exact) mass is 616 g/mol. The first kappa shape index (κ1) is 37.6. The van der Waals surface area contributed by atoms with Crippen LogP contribution in [0.4, 0.5) is 0 Å². The van der Waals surface area contributed by atoms with Gasteiger partial charge >= 0.3 is 5.97 Å². The van der Waals surface area contributed by atoms with Crippen molar-refractivity contribution in [2.75, 3.05) is 118 Å². The molecule has 0 aromatic rings. The van der Waals surface area contributed by atoms with Gasteiger partial charge in [0.2, 0.25) is 0 Å². The van der Waals surface area contributed by atoms with E-state index in [0.29, 0.717) is 119 Å². The highest BCUT2D eigenvalue weighted by molar-refractivity contribution is 9.09. The number of rotatable bonds is 33. The SMILES string of the molecule is CCCCCCCCC(=O)OCCOCCOCCOCCOCCOCCOCCOCCOCCBr. The van der Waals surface area contributed by atoms with Crippen molar-refractivity contribution in [1.82, 2.24) is 0 Å². The predicted molar refractivity (Wildman–Crippen MR) is 149 cm³/mol. The van der Waals surface area contributed by atoms with Gasteiger partial charge in [-0.2, -0.15) is 0 Å². The molecule has 0 saturated carbocycles. The molecular weight excluding hydrogens is 564 g/mol. The molecule has 0 N–H and O–H groups in total. The van der Waals surface area contributed by atoms with Gasteiger partial charge in [0.1, 0.15) is 6.61 Å². The molecule has 0 aromatic heterocycles. The molecule has 0 bridgehead atoms. The van der Waals surface area contributed by atoms with E-state index in [4.69, 9.17) is 42.6 Å². The second-order valence-corrected chi connectivity index (χ2v) is 9.12. The molecule has 0 heterocycles. The number of ether oxygens (including phenoxy) is 9. The van der Waals surface area contributed by atoms with Crippen molar-refractivity contribution in [3.63, 3.8) is 0 Å². The molecule has 0 saturated heterocycles. The lowest BCUT2D eigenvalue weighted by atomic mass is 10.1. The molecule has 11 heteroatoms. The minimum absolute atomic E-state index is 0.139. The van der Waals surface area contributed by atoms with Crippen LogP contribution in [-0.2, 0) is 47.4 Å². The molecule has 0 unspecified atom stereocenters. The third-order valence-electron chi connectivity index (χ3n) is 5.05. The Morgan fingerprint density at radius 2 is 0.763 bits per heavy atom. The van der Waals surface area contributed by atoms with Gasteiger partial charge in [0, 0.05) is 11.8 Å². The molecule has 0 spiro atoms. The van der Waals surface area contributed by atoms with Crippen LogP contribution < -0.4 is 0 Å². The number of alkyl halides is 1. The standard InChI is InChI=1S/C27H53BrO10/c1-2-3-4-5-6-7-8-27(29)38-26-25-37-24-23-36-22-21-35-20-19-34-18-17-33-16-15-32-14-13-31-12-11-30-10-9-28/h2-26H2,1H3. The summed E-state index contributed by atoms with van der Waals surface area (Å²) in [5.41, 5.74) is 0. The maximum absolute atomic E-state index is 11.6. The summed E-state index contributed by atoms with van der Waals surface area (Å²) < 4.78 is 48.4. The minimum Gasteiger partial charge on any atom is -0.463 e. The number of halogens is 1. The highest BCUT2D eigenvalue weighted by atomic mass is 79.9. The van der Waals surface area contributed by atoms with Crippen molar-refractivity contribution >= 4 is 21.9 Å². The molecule has 0 rings (SSSR count). The number of hydrogen-bond acceptors (Lipinski definition) is 10. The fourth-order valence-electron chi connectivity index (χ4n) is 3.03. The topological polar surface area (TPSA) is 100 Å². The highest BCUT2D eigenvalue weighted by Gasteiger charge is 2.02. The van der Waals surface area contributed by atoms with Gasteiger partial charge in [0.25, 0.3) is 0 Å². The van der Waals surface area contributed by atoms with Crippen LogP contribution in [0.25, 0.3) is 0 Å². The second-order valence-electron chi connectivity index (χ2n) is 8.33. The quantitative estimate of drug-likeness (QED) is 0.0614. The fraction of sp³-hybridized carbons (Fsp3) is 0.963. The maximum atomic E-state index is 11.6. The lowest BCUT2D eigenvalue weighted by Crippen LogP contribution is -2.15. The van der Waals surface area contributed by atoms with Gasteiger partial charge < -0.3 is 42.6 Å². The zero-order valence-corrected chi connectivity index (χ0v) is 25.2. The maximum Gasteiger partial charge on any atom is 0.305 e. The first-order valence-corrected chi connectivity index (χ1v) is 15.3. The lowest BCUT2D eigenvalue weighted by Gasteiger charge is -2.09. The zero-order valence-electron chi connectivity index (χ0n) is 23.6. The zero-order chi connectivity index (χ0) is 27.6. The summed E-state index contributed by atoms with van der Waals surface area (Å²) in [6.07, 6.45) is 7.45. The summed E-state index contributed by atoms with van der Waals surface area (Å²) in [5.74, 6) is -0.139. The van der Waals surface area contributed by atoms with Gasteiger partial charge in [-0.3, -0.25) is 4.79 Å². The van der Waals surface area contributed by atoms with E-state index in [9.17, 15) is 4.79 Å². The number of carbonyl (C=O) groups excluding carboxylic acids is 1. The van der Waals surface area contributed by atoms with E-state index >= 15 is 0 Å². The van der Waals surface area contributed by atoms with Crippen LogP contribution in [0, 0.1) is 0 Å². The smallest absolute Gasteiger partial charge is 0.305 e. The summed E-state index contributed by atoms with van der Waals surface area (Å²) in [5, 5.41) is 0.838. The predicted octanol–water partition coefficient (Wildman–Crippen LogP) is 3.81. The molecule has 0 aliphatic rings. The van der Waals surface area contributed by atoms with Crippen LogP contribution in [-0.4, -0.2) is 124 Å². The molecule has 0 aromatic carbocycles. The first-order valence-electron chi connectivity index (χ1n) is 14.1. The Kier molecular flexibility index (Phi) is 34.3. The van der Waals surface area contributed by atoms with Crippen LogP contribution in [0.5, 0.6) is 0 Å². The van der Waals surface area contributed by atoms with E-state index in [0.717, 1.165) is 18.2 Å². The normalized spacial score (nSPS) is 11.3. The van der Waals surface area contributed by atoms with Crippen molar-refractivity contribution < 1.29 is 47.4 Å². The molecule has 0 radical (unpaired) electrons. The number of hydrogen-bond donors (Lipinski definition) is 0. The number of esters is 1. The lowest BCUT2D eigenvalue weighted by molar-refractivity contribution is -0.145. The van der Waals surface area contributed by atoms with Gasteiger partial charge in [-0.05, 0) is 6.42 Å². The average molecular weight is 618 g/mol. The summed E-state index contributed by atoms with van der Waals surface area (Å²) in [7, 11) is 0. The van der Waals surface area contributed by atoms with Gasteiger partial charge in [-0.15, -0.1) is 0 Å². The Hall–Kier alpha value is -0.370. The summed E-state index contributed by atoms with van der Waals surface area (Å²) in [6, 6.07) is 0. The molecule has 10 nitrogen and oxygen atoms in total. The minimum atomic E-state index is -0.139. The molecule has 0 atom stereocenters. The average Bonchev–Trinajstić information content (AvgIpc) is 2.92. The van der Waals surface area contributed by atoms with Crippen molar-refractivity contribution in [2.45, 2.75) is 51.9 Å². The Bertz CT molecular complexity index is 460. The van der Waals surface area contributed by atoms with Gasteiger partial charge in [0.05, 0.1) is 106 Å². The van der Waals surface area contributed by atoms with Gasteiger partial charge in [-0.25, -0.2) is 0 Å². The molecular formula is C27H53BrO10. The van der Waals surface area contributed by atoms with Crippen LogP contribution >= 0.6 is 15.9 Å². The Labute approximate surface area is 238 Å². The molecule has 0 aliphatic carbocycles. The van der Waals surface area contributed by atoms with E-state index in [1.165, 1.54) is 25.7 Å². The Morgan fingerprint density at radius 1 is 0.447 bits per heavy atom. The summed E-state index contributed by atoms with van der Waals surface area (Å²) in [6.45, 7) is 10.9. The van der Waals surface area contributed by atoms with Crippen LogP contribution in [0.3, 0.4) is 0 Å². The number of carbonyl (C=O) groups is 1. The first-order chi connectivity index (χ1) is 18.8. The molecule has 0 amide bonds. The van der Waals surface area contributed by atoms with Gasteiger partial charge in [0.15, 0.2) is 0 Å². The van der Waals surface area contributed by atoms with E-state index in [1.54, 1.807) is 0 Å². The van der Waals surface area contributed by atoms with Crippen molar-refractivity contribution in [1.29, 1.82) is 0 Å². The molecule has 0 fully saturated rings. The largest absolute Gasteiger partial charge is 0.463 e. The number of unbranched alkanes of at least 4 members (excludes halogenated alkanes) is 5. The Morgan fingerprint density at radius 3 is 1.13 bits per heavy atom. The van der Waals surface area contributed by atoms with Crippen molar-refractivity contribution in [2.24, 2.45) is 0 Å². The molecule has 0 aliphatic heterocycles. The molecule has 38 heavy (non-hydrogen) atoms. The van der Waals surface area contributed by atoms with Crippen molar-refractivity contribution in [3.8, 4) is 0 Å². The van der Waals surface area contributed by atoms with E-state index < -0.39 is 0 Å². The summed E-state index contributed by atoms with van der Waals surface area (Å²) >= 11 is 3.30. The third-order valence-corrected chi connectivity index (χ3v) is 5.37. The summed E-state index contributed by atoms with van der Waals surface area (Å²) in [4.78, 5) is 11.6. The van der Waals surface area contributed by atoms with Gasteiger partial charge in [-0.1, -0.05) is 55.0 Å². The van der Waals surface area contributed by atoms with Crippen LogP contribution in [0.1, 0.15) is 51.9 Å². The van der Waals surface area contributed by atoms with Crippen LogP contribution in [0.2, 0.25) is 0 Å².